The fourth-order valence-electron chi connectivity index (χ4n) is 4.04. The molecule has 0 saturated carbocycles. The van der Waals surface area contributed by atoms with Crippen LogP contribution in [0.5, 0.6) is 0 Å². The molecule has 1 atom stereocenters. The quantitative estimate of drug-likeness (QED) is 0.599. The lowest BCUT2D eigenvalue weighted by molar-refractivity contribution is 0.0196. The molecule has 3 heterocycles. The third kappa shape index (κ3) is 4.01. The fourth-order valence-corrected chi connectivity index (χ4v) is 4.04. The number of benzene rings is 1. The van der Waals surface area contributed by atoms with E-state index in [0.717, 1.165) is 41.0 Å². The van der Waals surface area contributed by atoms with Gasteiger partial charge in [0.05, 0.1) is 11.4 Å². The number of nitrogens with zero attached hydrogens (tertiary/aromatic N) is 4. The first kappa shape index (κ1) is 20.3. The molecule has 7 heteroatoms. The average Bonchev–Trinajstić information content (AvgIpc) is 3.03. The van der Waals surface area contributed by atoms with E-state index >= 15 is 0 Å². The van der Waals surface area contributed by atoms with Crippen LogP contribution in [-0.4, -0.2) is 44.3 Å². The average molecular weight is 410 g/mol. The van der Waals surface area contributed by atoms with Gasteiger partial charge in [0.15, 0.2) is 5.65 Å². The highest BCUT2D eigenvalue weighted by molar-refractivity contribution is 5.79. The number of carbonyl (C=O) groups is 1. The number of aromatic nitrogens is 3. The van der Waals surface area contributed by atoms with E-state index in [1.165, 1.54) is 12.1 Å². The Morgan fingerprint density at radius 3 is 2.63 bits per heavy atom. The minimum atomic E-state index is -0.517. The van der Waals surface area contributed by atoms with Gasteiger partial charge in [0, 0.05) is 30.8 Å². The standard InChI is InChI=1S/C23H27FN4O2/c1-15-20(16-7-9-18(24)10-8-16)21-25-12-11-19(28(21)26-15)17-6-5-13-27(14-17)22(29)30-23(2,3)4/h7-12,17H,5-6,13-14H2,1-4H3/t17-/m0/s1. The second-order valence-corrected chi connectivity index (χ2v) is 8.84. The molecule has 0 radical (unpaired) electrons. The highest BCUT2D eigenvalue weighted by atomic mass is 19.1. The van der Waals surface area contributed by atoms with E-state index in [1.54, 1.807) is 23.2 Å². The maximum Gasteiger partial charge on any atom is 0.410 e. The fraction of sp³-hybridized carbons (Fsp3) is 0.435. The molecule has 0 unspecified atom stereocenters. The summed E-state index contributed by atoms with van der Waals surface area (Å²) in [6.45, 7) is 8.84. The van der Waals surface area contributed by atoms with Crippen molar-refractivity contribution >= 4 is 11.7 Å². The number of likely N-dealkylation sites (tertiary alicyclic amines) is 1. The van der Waals surface area contributed by atoms with Crippen LogP contribution in [0.2, 0.25) is 0 Å². The van der Waals surface area contributed by atoms with Crippen molar-refractivity contribution < 1.29 is 13.9 Å². The summed E-state index contributed by atoms with van der Waals surface area (Å²) in [5.74, 6) is -0.136. The molecule has 0 N–H and O–H groups in total. The normalized spacial score (nSPS) is 17.4. The van der Waals surface area contributed by atoms with Crippen LogP contribution in [0.25, 0.3) is 16.8 Å². The molecule has 0 aliphatic carbocycles. The van der Waals surface area contributed by atoms with Crippen LogP contribution in [0.1, 0.15) is 50.9 Å². The third-order valence-corrected chi connectivity index (χ3v) is 5.35. The van der Waals surface area contributed by atoms with E-state index in [-0.39, 0.29) is 17.8 Å². The summed E-state index contributed by atoms with van der Waals surface area (Å²) in [6.07, 6.45) is 3.37. The van der Waals surface area contributed by atoms with Crippen LogP contribution in [0, 0.1) is 12.7 Å². The highest BCUT2D eigenvalue weighted by Crippen LogP contribution is 2.32. The Hall–Kier alpha value is -2.96. The summed E-state index contributed by atoms with van der Waals surface area (Å²) in [5.41, 5.74) is 3.86. The summed E-state index contributed by atoms with van der Waals surface area (Å²) in [7, 11) is 0. The minimum absolute atomic E-state index is 0.136. The van der Waals surface area contributed by atoms with Gasteiger partial charge in [-0.15, -0.1) is 0 Å². The number of ether oxygens (including phenoxy) is 1. The molecule has 0 bridgehead atoms. The molecular weight excluding hydrogens is 383 g/mol. The van der Waals surface area contributed by atoms with E-state index < -0.39 is 5.60 Å². The molecule has 158 valence electrons. The molecule has 1 saturated heterocycles. The van der Waals surface area contributed by atoms with Crippen molar-refractivity contribution in [2.24, 2.45) is 0 Å². The van der Waals surface area contributed by atoms with E-state index in [2.05, 4.69) is 4.98 Å². The van der Waals surface area contributed by atoms with Gasteiger partial charge in [0.2, 0.25) is 0 Å². The van der Waals surface area contributed by atoms with E-state index in [1.807, 2.05) is 38.3 Å². The maximum absolute atomic E-state index is 13.4. The van der Waals surface area contributed by atoms with Gasteiger partial charge in [0.1, 0.15) is 11.4 Å². The number of fused-ring (bicyclic) bond motifs is 1. The number of rotatable bonds is 2. The third-order valence-electron chi connectivity index (χ3n) is 5.35. The number of piperidine rings is 1. The first-order valence-electron chi connectivity index (χ1n) is 10.3. The molecule has 6 nitrogen and oxygen atoms in total. The monoisotopic (exact) mass is 410 g/mol. The van der Waals surface area contributed by atoms with Crippen molar-refractivity contribution in [1.82, 2.24) is 19.5 Å². The van der Waals surface area contributed by atoms with Crippen LogP contribution < -0.4 is 0 Å². The topological polar surface area (TPSA) is 59.7 Å². The molecule has 2 aromatic heterocycles. The van der Waals surface area contributed by atoms with Gasteiger partial charge in [0.25, 0.3) is 0 Å². The lowest BCUT2D eigenvalue weighted by Crippen LogP contribution is -2.42. The van der Waals surface area contributed by atoms with Gasteiger partial charge >= 0.3 is 6.09 Å². The van der Waals surface area contributed by atoms with Crippen molar-refractivity contribution in [1.29, 1.82) is 0 Å². The number of aryl methyl sites for hydroxylation is 1. The van der Waals surface area contributed by atoms with Gasteiger partial charge in [-0.05, 0) is 64.3 Å². The second-order valence-electron chi connectivity index (χ2n) is 8.84. The van der Waals surface area contributed by atoms with E-state index in [0.29, 0.717) is 13.1 Å². The van der Waals surface area contributed by atoms with Gasteiger partial charge in [-0.3, -0.25) is 0 Å². The molecule has 1 aliphatic rings. The first-order valence-corrected chi connectivity index (χ1v) is 10.3. The Balaban J connectivity index is 1.67. The first-order chi connectivity index (χ1) is 14.2. The molecule has 1 fully saturated rings. The molecule has 1 aliphatic heterocycles. The summed E-state index contributed by atoms with van der Waals surface area (Å²) in [4.78, 5) is 18.9. The van der Waals surface area contributed by atoms with Crippen LogP contribution in [-0.2, 0) is 4.74 Å². The Kier molecular flexibility index (Phi) is 5.22. The predicted octanol–water partition coefficient (Wildman–Crippen LogP) is 4.96. The lowest BCUT2D eigenvalue weighted by atomic mass is 9.94. The summed E-state index contributed by atoms with van der Waals surface area (Å²) >= 11 is 0. The van der Waals surface area contributed by atoms with Gasteiger partial charge in [-0.2, -0.15) is 5.10 Å². The van der Waals surface area contributed by atoms with Crippen molar-refractivity contribution in [3.63, 3.8) is 0 Å². The van der Waals surface area contributed by atoms with Crippen LogP contribution in [0.3, 0.4) is 0 Å². The molecule has 1 aromatic carbocycles. The van der Waals surface area contributed by atoms with Gasteiger partial charge in [-0.25, -0.2) is 18.7 Å². The van der Waals surface area contributed by atoms with Gasteiger partial charge < -0.3 is 9.64 Å². The van der Waals surface area contributed by atoms with Crippen molar-refractivity contribution in [3.05, 3.63) is 53.7 Å². The summed E-state index contributed by atoms with van der Waals surface area (Å²) in [5, 5.41) is 4.74. The second kappa shape index (κ2) is 7.70. The zero-order valence-electron chi connectivity index (χ0n) is 17.9. The largest absolute Gasteiger partial charge is 0.444 e. The van der Waals surface area contributed by atoms with Crippen LogP contribution in [0.4, 0.5) is 9.18 Å². The van der Waals surface area contributed by atoms with Crippen molar-refractivity contribution in [2.45, 2.75) is 52.1 Å². The van der Waals surface area contributed by atoms with Crippen LogP contribution in [0.15, 0.2) is 36.5 Å². The maximum atomic E-state index is 13.4. The molecule has 3 aromatic rings. The molecule has 1 amide bonds. The van der Waals surface area contributed by atoms with Crippen LogP contribution >= 0.6 is 0 Å². The molecule has 30 heavy (non-hydrogen) atoms. The summed E-state index contributed by atoms with van der Waals surface area (Å²) < 4.78 is 20.8. The Morgan fingerprint density at radius 1 is 1.20 bits per heavy atom. The van der Waals surface area contributed by atoms with E-state index in [9.17, 15) is 9.18 Å². The number of halogens is 1. The Bertz CT molecular complexity index is 1070. The zero-order chi connectivity index (χ0) is 21.5. The molecule has 4 rings (SSSR count). The lowest BCUT2D eigenvalue weighted by Gasteiger charge is -2.34. The predicted molar refractivity (Wildman–Crippen MR) is 113 cm³/mol. The van der Waals surface area contributed by atoms with E-state index in [4.69, 9.17) is 9.84 Å². The van der Waals surface area contributed by atoms with Crippen molar-refractivity contribution in [3.8, 4) is 11.1 Å². The Morgan fingerprint density at radius 2 is 1.93 bits per heavy atom. The van der Waals surface area contributed by atoms with Gasteiger partial charge in [-0.1, -0.05) is 12.1 Å². The minimum Gasteiger partial charge on any atom is -0.444 e. The molecular formula is C23H27FN4O2. The number of hydrogen-bond donors (Lipinski definition) is 0. The number of carbonyl (C=O) groups excluding carboxylic acids is 1. The van der Waals surface area contributed by atoms with Crippen molar-refractivity contribution in [2.75, 3.05) is 13.1 Å². The molecule has 0 spiro atoms. The SMILES string of the molecule is Cc1nn2c([C@H]3CCCN(C(=O)OC(C)(C)C)C3)ccnc2c1-c1ccc(F)cc1. The number of amides is 1. The number of hydrogen-bond acceptors (Lipinski definition) is 4. The Labute approximate surface area is 175 Å². The zero-order valence-corrected chi connectivity index (χ0v) is 17.9. The highest BCUT2D eigenvalue weighted by Gasteiger charge is 2.30. The smallest absolute Gasteiger partial charge is 0.410 e. The summed E-state index contributed by atoms with van der Waals surface area (Å²) in [6, 6.07) is 8.36.